The highest BCUT2D eigenvalue weighted by Crippen LogP contribution is 2.35. The number of hydrogen-bond donors (Lipinski definition) is 0. The topological polar surface area (TPSA) is 40.6 Å². The Labute approximate surface area is 123 Å². The maximum atomic E-state index is 6.06. The number of hydrogen-bond acceptors (Lipinski definition) is 4. The molecule has 1 heterocycles. The zero-order valence-corrected chi connectivity index (χ0v) is 12.3. The molecule has 20 heavy (non-hydrogen) atoms. The first-order chi connectivity index (χ1) is 9.60. The molecule has 0 N–H and O–H groups in total. The lowest BCUT2D eigenvalue weighted by atomic mass is 10.3. The van der Waals surface area contributed by atoms with Crippen LogP contribution in [0, 0.1) is 0 Å². The van der Waals surface area contributed by atoms with Gasteiger partial charge in [0.05, 0.1) is 13.2 Å². The molecule has 0 spiro atoms. The Morgan fingerprint density at radius 3 is 2.30 bits per heavy atom. The summed E-state index contributed by atoms with van der Waals surface area (Å²) in [5.41, 5.74) is 0. The van der Waals surface area contributed by atoms with Crippen LogP contribution >= 0.6 is 11.6 Å². The first-order valence-electron chi connectivity index (χ1n) is 6.24. The molecule has 0 unspecified atom stereocenters. The van der Waals surface area contributed by atoms with Crippen LogP contribution in [0.3, 0.4) is 0 Å². The third-order valence-corrected chi connectivity index (χ3v) is 2.70. The van der Waals surface area contributed by atoms with Crippen molar-refractivity contribution in [2.75, 3.05) is 7.11 Å². The van der Waals surface area contributed by atoms with E-state index in [0.29, 0.717) is 23.1 Å². The third-order valence-electron chi connectivity index (χ3n) is 2.43. The van der Waals surface area contributed by atoms with Gasteiger partial charge in [0.1, 0.15) is 0 Å². The van der Waals surface area contributed by atoms with Crippen molar-refractivity contribution in [3.63, 3.8) is 0 Å². The summed E-state index contributed by atoms with van der Waals surface area (Å²) in [6.45, 7) is 3.91. The number of benzene rings is 1. The van der Waals surface area contributed by atoms with Crippen molar-refractivity contribution in [2.45, 2.75) is 20.0 Å². The van der Waals surface area contributed by atoms with E-state index >= 15 is 0 Å². The third kappa shape index (κ3) is 3.54. The van der Waals surface area contributed by atoms with Gasteiger partial charge in [0, 0.05) is 6.07 Å². The molecule has 106 valence electrons. The quantitative estimate of drug-likeness (QED) is 0.770. The molecule has 0 aliphatic rings. The monoisotopic (exact) mass is 293 g/mol. The van der Waals surface area contributed by atoms with Crippen LogP contribution in [-0.4, -0.2) is 18.2 Å². The molecule has 0 fully saturated rings. The van der Waals surface area contributed by atoms with E-state index in [-0.39, 0.29) is 11.3 Å². The summed E-state index contributed by atoms with van der Waals surface area (Å²) < 4.78 is 16.5. The van der Waals surface area contributed by atoms with E-state index in [1.807, 2.05) is 38.1 Å². The molecule has 5 heteroatoms. The SMILES string of the molecule is COc1ccc(Oc2ccccc2OC(C)C)c(Cl)n1. The van der Waals surface area contributed by atoms with Crippen LogP contribution in [-0.2, 0) is 0 Å². The van der Waals surface area contributed by atoms with Gasteiger partial charge in [-0.15, -0.1) is 0 Å². The molecular formula is C15H16ClNO3. The van der Waals surface area contributed by atoms with Crippen molar-refractivity contribution in [2.24, 2.45) is 0 Å². The zero-order chi connectivity index (χ0) is 14.5. The molecule has 0 radical (unpaired) electrons. The molecule has 2 rings (SSSR count). The van der Waals surface area contributed by atoms with Crippen LogP contribution in [0.4, 0.5) is 0 Å². The van der Waals surface area contributed by atoms with E-state index in [4.69, 9.17) is 25.8 Å². The van der Waals surface area contributed by atoms with E-state index in [9.17, 15) is 0 Å². The van der Waals surface area contributed by atoms with Crippen molar-refractivity contribution in [3.8, 4) is 23.1 Å². The number of pyridine rings is 1. The number of ether oxygens (including phenoxy) is 3. The van der Waals surface area contributed by atoms with Crippen LogP contribution in [0.15, 0.2) is 36.4 Å². The Bertz CT molecular complexity index is 587. The fourth-order valence-corrected chi connectivity index (χ4v) is 1.78. The van der Waals surface area contributed by atoms with Gasteiger partial charge in [-0.05, 0) is 32.0 Å². The standard InChI is InChI=1S/C15H16ClNO3/c1-10(2)19-11-6-4-5-7-12(11)20-13-8-9-14(18-3)17-15(13)16/h4-10H,1-3H3. The van der Waals surface area contributed by atoms with E-state index in [1.54, 1.807) is 12.1 Å². The molecule has 1 aromatic carbocycles. The Kier molecular flexibility index (Phi) is 4.69. The maximum absolute atomic E-state index is 6.06. The number of nitrogens with zero attached hydrogens (tertiary/aromatic N) is 1. The highest BCUT2D eigenvalue weighted by Gasteiger charge is 2.11. The first kappa shape index (κ1) is 14.5. The molecule has 0 atom stereocenters. The summed E-state index contributed by atoms with van der Waals surface area (Å²) >= 11 is 6.06. The minimum absolute atomic E-state index is 0.0595. The number of halogens is 1. The van der Waals surface area contributed by atoms with Crippen molar-refractivity contribution >= 4 is 11.6 Å². The predicted octanol–water partition coefficient (Wildman–Crippen LogP) is 4.32. The summed E-state index contributed by atoms with van der Waals surface area (Å²) in [6, 6.07) is 10.8. The van der Waals surface area contributed by atoms with Gasteiger partial charge in [-0.3, -0.25) is 0 Å². The van der Waals surface area contributed by atoms with Crippen LogP contribution in [0.5, 0.6) is 23.1 Å². The van der Waals surface area contributed by atoms with Crippen molar-refractivity contribution in [1.29, 1.82) is 0 Å². The molecule has 1 aromatic heterocycles. The molecule has 0 aliphatic heterocycles. The molecule has 0 amide bonds. The van der Waals surface area contributed by atoms with Gasteiger partial charge < -0.3 is 14.2 Å². The van der Waals surface area contributed by atoms with Crippen LogP contribution in [0.2, 0.25) is 5.15 Å². The molecule has 2 aromatic rings. The lowest BCUT2D eigenvalue weighted by molar-refractivity contribution is 0.233. The number of rotatable bonds is 5. The fraction of sp³-hybridized carbons (Fsp3) is 0.267. The lowest BCUT2D eigenvalue weighted by Gasteiger charge is -2.15. The van der Waals surface area contributed by atoms with Crippen molar-refractivity contribution in [3.05, 3.63) is 41.6 Å². The second-order valence-corrected chi connectivity index (χ2v) is 4.72. The van der Waals surface area contributed by atoms with Gasteiger partial charge in [0.2, 0.25) is 5.88 Å². The maximum Gasteiger partial charge on any atom is 0.214 e. The average Bonchev–Trinajstić information content (AvgIpc) is 2.42. The zero-order valence-electron chi connectivity index (χ0n) is 11.6. The summed E-state index contributed by atoms with van der Waals surface area (Å²) in [6.07, 6.45) is 0.0595. The second kappa shape index (κ2) is 6.48. The highest BCUT2D eigenvalue weighted by atomic mass is 35.5. The minimum Gasteiger partial charge on any atom is -0.487 e. The Morgan fingerprint density at radius 1 is 1.00 bits per heavy atom. The first-order valence-corrected chi connectivity index (χ1v) is 6.62. The highest BCUT2D eigenvalue weighted by molar-refractivity contribution is 6.30. The predicted molar refractivity (Wildman–Crippen MR) is 78.1 cm³/mol. The smallest absolute Gasteiger partial charge is 0.214 e. The molecule has 4 nitrogen and oxygen atoms in total. The van der Waals surface area contributed by atoms with Crippen LogP contribution in [0.1, 0.15) is 13.8 Å². The molecule has 0 saturated heterocycles. The van der Waals surface area contributed by atoms with E-state index in [1.165, 1.54) is 7.11 Å². The number of para-hydroxylation sites is 2. The van der Waals surface area contributed by atoms with Crippen molar-refractivity contribution < 1.29 is 14.2 Å². The van der Waals surface area contributed by atoms with E-state index in [0.717, 1.165) is 0 Å². The molecular weight excluding hydrogens is 278 g/mol. The van der Waals surface area contributed by atoms with Gasteiger partial charge in [-0.25, -0.2) is 0 Å². The lowest BCUT2D eigenvalue weighted by Crippen LogP contribution is -2.06. The van der Waals surface area contributed by atoms with Crippen molar-refractivity contribution in [1.82, 2.24) is 4.98 Å². The molecule has 0 saturated carbocycles. The molecule has 0 bridgehead atoms. The van der Waals surface area contributed by atoms with E-state index in [2.05, 4.69) is 4.98 Å². The normalized spacial score (nSPS) is 10.4. The van der Waals surface area contributed by atoms with Crippen LogP contribution in [0.25, 0.3) is 0 Å². The van der Waals surface area contributed by atoms with Gasteiger partial charge in [-0.2, -0.15) is 4.98 Å². The van der Waals surface area contributed by atoms with Gasteiger partial charge in [0.15, 0.2) is 22.4 Å². The fourth-order valence-electron chi connectivity index (χ4n) is 1.60. The van der Waals surface area contributed by atoms with Gasteiger partial charge >= 0.3 is 0 Å². The minimum atomic E-state index is 0.0595. The van der Waals surface area contributed by atoms with E-state index < -0.39 is 0 Å². The number of aromatic nitrogens is 1. The average molecular weight is 294 g/mol. The Hall–Kier alpha value is -1.94. The molecule has 0 aliphatic carbocycles. The summed E-state index contributed by atoms with van der Waals surface area (Å²) in [7, 11) is 1.53. The summed E-state index contributed by atoms with van der Waals surface area (Å²) in [5, 5.41) is 0.240. The van der Waals surface area contributed by atoms with Gasteiger partial charge in [0.25, 0.3) is 0 Å². The Morgan fingerprint density at radius 2 is 1.70 bits per heavy atom. The second-order valence-electron chi connectivity index (χ2n) is 4.36. The number of methoxy groups -OCH3 is 1. The summed E-state index contributed by atoms with van der Waals surface area (Å²) in [4.78, 5) is 4.06. The summed E-state index contributed by atoms with van der Waals surface area (Å²) in [5.74, 6) is 2.14. The Balaban J connectivity index is 2.26. The largest absolute Gasteiger partial charge is 0.487 e. The van der Waals surface area contributed by atoms with Crippen LogP contribution < -0.4 is 14.2 Å². The van der Waals surface area contributed by atoms with Gasteiger partial charge in [-0.1, -0.05) is 23.7 Å².